The van der Waals surface area contributed by atoms with Crippen LogP contribution in [0.1, 0.15) is 105 Å². The van der Waals surface area contributed by atoms with E-state index in [-0.39, 0.29) is 57.3 Å². The van der Waals surface area contributed by atoms with Crippen molar-refractivity contribution in [2.45, 2.75) is 89.6 Å². The van der Waals surface area contributed by atoms with E-state index in [1.807, 2.05) is 36.7 Å². The van der Waals surface area contributed by atoms with Crippen molar-refractivity contribution in [1.29, 1.82) is 0 Å². The van der Waals surface area contributed by atoms with Gasteiger partial charge in [-0.25, -0.2) is 0 Å². The fourth-order valence-electron chi connectivity index (χ4n) is 9.61. The molecule has 0 saturated heterocycles. The third-order valence-corrected chi connectivity index (χ3v) is 12.2. The Kier molecular flexibility index (Phi) is 13.6. The molecule has 4 fully saturated rings. The molecule has 4 bridgehead atoms. The van der Waals surface area contributed by atoms with Crippen LogP contribution < -0.4 is 56.5 Å². The fourth-order valence-corrected chi connectivity index (χ4v) is 9.61. The number of rotatable bonds is 6. The first-order valence-electron chi connectivity index (χ1n) is 24.6. The number of hydrogen-bond donors (Lipinski definition) is 0. The quantitative estimate of drug-likeness (QED) is 0.157. The molecule has 0 N–H and O–H groups in total. The molecule has 6 atom stereocenters. The van der Waals surface area contributed by atoms with Crippen molar-refractivity contribution in [3.63, 3.8) is 0 Å². The minimum atomic E-state index is -2.90. The first kappa shape index (κ1) is 37.5. The van der Waals surface area contributed by atoms with Crippen LogP contribution in [0, 0.1) is 23.7 Å². The predicted octanol–water partition coefficient (Wildman–Crippen LogP) is 9.78. The molecule has 0 amide bonds. The number of nitrogens with zero attached hydrogens (tertiary/aromatic N) is 2. The molecule has 4 aliphatic rings. The van der Waals surface area contributed by atoms with Gasteiger partial charge in [0.2, 0.25) is 0 Å². The van der Waals surface area contributed by atoms with Crippen molar-refractivity contribution >= 4 is 10.8 Å². The minimum absolute atomic E-state index is 0. The summed E-state index contributed by atoms with van der Waals surface area (Å²) in [6.07, 6.45) is 8.68. The summed E-state index contributed by atoms with van der Waals surface area (Å²) in [5.41, 5.74) is 11.2. The molecule has 10 rings (SSSR count). The smallest absolute Gasteiger partial charge is 0.850 e. The van der Waals surface area contributed by atoms with Crippen LogP contribution in [0.25, 0.3) is 44.8 Å². The van der Waals surface area contributed by atoms with Gasteiger partial charge in [0.05, 0.1) is 11.4 Å². The molecule has 0 spiro atoms. The van der Waals surface area contributed by atoms with E-state index >= 15 is 0 Å². The van der Waals surface area contributed by atoms with E-state index in [9.17, 15) is 9.32 Å². The molecule has 4 nitrogen and oxygen atoms in total. The first-order valence-corrected chi connectivity index (χ1v) is 22.3. The third kappa shape index (κ3) is 13.0. The Balaban J connectivity index is 0.000000169. The van der Waals surface area contributed by atoms with Gasteiger partial charge >= 0.3 is 51.4 Å². The fraction of sp³-hybridized carbons (Fsp3) is 0.370. The third-order valence-electron chi connectivity index (χ3n) is 12.2. The average Bonchev–Trinajstić information content (AvgIpc) is 4.13. The second kappa shape index (κ2) is 21.8. The van der Waals surface area contributed by atoms with Crippen molar-refractivity contribution in [1.82, 2.24) is 9.97 Å². The molecular formula is C54H61KN2O2S. The maximum absolute atomic E-state index is 10.5. The summed E-state index contributed by atoms with van der Waals surface area (Å²) in [4.78, 5) is 9.06. The van der Waals surface area contributed by atoms with E-state index < -0.39 is 28.8 Å². The van der Waals surface area contributed by atoms with Gasteiger partial charge in [0.15, 0.2) is 0 Å². The Morgan fingerprint density at radius 3 is 1.40 bits per heavy atom. The SMILES string of the molecule is CC(C)(C)[O-].[2H]C([2H])([2H])S(=O)C([2H])([2H])[2H].[2H]C1(c2ccc(-c3ccnc(-c4ccccc4)c3)cc2)CC2CCC1C2.[K+].c1ccc(-c2cc(-c3ccc(C4CC5CCC4C5)cc3)ccn2)cc1. The second-order valence-electron chi connectivity index (χ2n) is 17.6. The molecule has 6 aromatic rings. The monoisotopic (exact) mass is 847 g/mol. The largest absolute Gasteiger partial charge is 1.00 e. The average molecular weight is 848 g/mol. The number of benzene rings is 4. The number of hydrogen-bond acceptors (Lipinski definition) is 4. The van der Waals surface area contributed by atoms with Gasteiger partial charge in [-0.1, -0.05) is 143 Å². The molecule has 4 saturated carbocycles. The van der Waals surface area contributed by atoms with Gasteiger partial charge in [-0.05, 0) is 132 Å². The Morgan fingerprint density at radius 2 is 1.02 bits per heavy atom. The number of fused-ring (bicyclic) bond motifs is 4. The summed E-state index contributed by atoms with van der Waals surface area (Å²) in [7, 11) is -2.75. The number of pyridine rings is 2. The summed E-state index contributed by atoms with van der Waals surface area (Å²) in [5.74, 6) is 3.75. The van der Waals surface area contributed by atoms with Crippen LogP contribution in [-0.4, -0.2) is 32.1 Å². The van der Waals surface area contributed by atoms with Crippen molar-refractivity contribution in [2.24, 2.45) is 23.7 Å². The van der Waals surface area contributed by atoms with Gasteiger partial charge in [0.1, 0.15) is 0 Å². The molecule has 0 radical (unpaired) electrons. The Hall–Kier alpha value is -3.07. The Labute approximate surface area is 414 Å². The van der Waals surface area contributed by atoms with Gasteiger partial charge in [-0.15, -0.1) is 5.60 Å². The maximum Gasteiger partial charge on any atom is 1.00 e. The summed E-state index contributed by atoms with van der Waals surface area (Å²) >= 11 is 0. The molecule has 306 valence electrons. The standard InChI is InChI=1S/2C24H23N.C4H9O.C2H6OS.K/c2*1-2-4-20(5-3-1)24-16-21(12-13-25-24)18-8-10-19(11-9-18)23-15-17-6-7-22(23)14-17;1-4(2,3)5;1-4(2)3;/h2*1-5,8-13,16-17,22-23H,6-7,14-15H2;1-3H3;1-2H3;/q;;-1;;+1/i23D;;;1D3,2D3;. The summed E-state index contributed by atoms with van der Waals surface area (Å²) in [6, 6.07) is 47.3. The van der Waals surface area contributed by atoms with E-state index in [0.717, 1.165) is 47.0 Å². The first-order chi connectivity index (χ1) is 31.2. The normalized spacial score (nSPS) is 25.4. The van der Waals surface area contributed by atoms with Crippen LogP contribution in [0.5, 0.6) is 0 Å². The molecule has 4 aliphatic carbocycles. The van der Waals surface area contributed by atoms with Crippen LogP contribution in [-0.2, 0) is 10.8 Å². The molecule has 2 aromatic heterocycles. The van der Waals surface area contributed by atoms with Crippen molar-refractivity contribution < 1.29 is 70.3 Å². The molecule has 2 heterocycles. The Morgan fingerprint density at radius 1 is 0.567 bits per heavy atom. The zero-order chi connectivity index (χ0) is 47.3. The van der Waals surface area contributed by atoms with E-state index in [0.29, 0.717) is 5.92 Å². The van der Waals surface area contributed by atoms with Gasteiger partial charge < -0.3 is 5.11 Å². The second-order valence-corrected chi connectivity index (χ2v) is 18.1. The summed E-state index contributed by atoms with van der Waals surface area (Å²) < 4.78 is 58.3. The summed E-state index contributed by atoms with van der Waals surface area (Å²) in [5, 5.41) is 10.1. The van der Waals surface area contributed by atoms with Crippen molar-refractivity contribution in [2.75, 3.05) is 12.4 Å². The van der Waals surface area contributed by atoms with Crippen molar-refractivity contribution in [3.8, 4) is 44.8 Å². The Bertz CT molecular complexity index is 2510. The zero-order valence-electron chi connectivity index (χ0n) is 42.5. The molecule has 0 aliphatic heterocycles. The van der Waals surface area contributed by atoms with Gasteiger partial charge in [0, 0.05) is 56.3 Å². The molecule has 6 unspecified atom stereocenters. The van der Waals surface area contributed by atoms with E-state index in [4.69, 9.17) is 9.60 Å². The van der Waals surface area contributed by atoms with Gasteiger partial charge in [0.25, 0.3) is 0 Å². The molecule has 4 aromatic carbocycles. The van der Waals surface area contributed by atoms with Crippen LogP contribution in [0.3, 0.4) is 0 Å². The predicted molar refractivity (Wildman–Crippen MR) is 246 cm³/mol. The van der Waals surface area contributed by atoms with Crippen LogP contribution >= 0.6 is 0 Å². The van der Waals surface area contributed by atoms with Crippen LogP contribution in [0.2, 0.25) is 0 Å². The van der Waals surface area contributed by atoms with E-state index in [1.54, 1.807) is 26.3 Å². The van der Waals surface area contributed by atoms with Gasteiger partial charge in [-0.3, -0.25) is 14.2 Å². The molecule has 60 heavy (non-hydrogen) atoms. The van der Waals surface area contributed by atoms with Crippen LogP contribution in [0.15, 0.2) is 146 Å². The maximum atomic E-state index is 10.5. The van der Waals surface area contributed by atoms with Gasteiger partial charge in [-0.2, -0.15) is 0 Å². The minimum Gasteiger partial charge on any atom is -0.850 e. The topological polar surface area (TPSA) is 65.9 Å². The van der Waals surface area contributed by atoms with E-state index in [2.05, 4.69) is 119 Å². The summed E-state index contributed by atoms with van der Waals surface area (Å²) in [6.45, 7) is 4.90. The molecular weight excluding hydrogens is 780 g/mol. The van der Waals surface area contributed by atoms with Crippen molar-refractivity contribution in [3.05, 3.63) is 157 Å². The molecule has 6 heteroatoms. The van der Waals surface area contributed by atoms with E-state index in [1.165, 1.54) is 78.3 Å². The number of aromatic nitrogens is 2. The van der Waals surface area contributed by atoms with Crippen LogP contribution in [0.4, 0.5) is 0 Å². The zero-order valence-corrected chi connectivity index (χ0v) is 39.5.